The van der Waals surface area contributed by atoms with Gasteiger partial charge in [0, 0.05) is 22.9 Å². The van der Waals surface area contributed by atoms with Gasteiger partial charge in [-0.05, 0) is 24.6 Å². The Morgan fingerprint density at radius 3 is 2.75 bits per heavy atom. The molecule has 4 heteroatoms. The summed E-state index contributed by atoms with van der Waals surface area (Å²) in [6.07, 6.45) is 0.938. The maximum absolute atomic E-state index is 12.5. The summed E-state index contributed by atoms with van der Waals surface area (Å²) in [7, 11) is 0. The Labute approximate surface area is 125 Å². The molecule has 0 aromatic heterocycles. The minimum Gasteiger partial charge on any atom is -0.330 e. The first-order valence-corrected chi connectivity index (χ1v) is 8.14. The van der Waals surface area contributed by atoms with Crippen molar-refractivity contribution in [3.05, 3.63) is 29.8 Å². The molecule has 2 rings (SSSR count). The van der Waals surface area contributed by atoms with E-state index in [4.69, 9.17) is 5.73 Å². The minimum absolute atomic E-state index is 0.117. The van der Waals surface area contributed by atoms with Gasteiger partial charge < -0.3 is 10.6 Å². The van der Waals surface area contributed by atoms with Gasteiger partial charge in [0.2, 0.25) is 5.91 Å². The lowest BCUT2D eigenvalue weighted by Crippen LogP contribution is -2.32. The molecule has 1 aliphatic rings. The summed E-state index contributed by atoms with van der Waals surface area (Å²) in [6, 6.07) is 8.21. The van der Waals surface area contributed by atoms with Crippen molar-refractivity contribution in [1.82, 2.24) is 0 Å². The van der Waals surface area contributed by atoms with Crippen LogP contribution in [0, 0.1) is 0 Å². The molecule has 1 aromatic carbocycles. The van der Waals surface area contributed by atoms with E-state index >= 15 is 0 Å². The molecule has 0 aliphatic carbocycles. The highest BCUT2D eigenvalue weighted by molar-refractivity contribution is 8.01. The van der Waals surface area contributed by atoms with Gasteiger partial charge in [-0.2, -0.15) is 0 Å². The number of benzene rings is 1. The number of hydrogen-bond acceptors (Lipinski definition) is 3. The molecule has 1 unspecified atom stereocenters. The van der Waals surface area contributed by atoms with Crippen LogP contribution in [0.15, 0.2) is 24.3 Å². The van der Waals surface area contributed by atoms with Crippen LogP contribution in [0.1, 0.15) is 38.7 Å². The Morgan fingerprint density at radius 2 is 2.10 bits per heavy atom. The molecule has 110 valence electrons. The number of amides is 1. The number of anilines is 1. The summed E-state index contributed by atoms with van der Waals surface area (Å²) < 4.78 is 0.117. The van der Waals surface area contributed by atoms with E-state index in [2.05, 4.69) is 26.8 Å². The fourth-order valence-corrected chi connectivity index (χ4v) is 3.25. The number of nitrogens with zero attached hydrogens (tertiary/aromatic N) is 1. The standard InChI is InChI=1S/C16H24N2OS/c1-16(2,3)20-11-15(19)18-10-12(8-9-17)13-6-4-5-7-14(13)18/h4-7,12H,8-11,17H2,1-3H3. The number of rotatable bonds is 4. The largest absolute Gasteiger partial charge is 0.330 e. The highest BCUT2D eigenvalue weighted by Gasteiger charge is 2.31. The van der Waals surface area contributed by atoms with Crippen LogP contribution in [-0.2, 0) is 4.79 Å². The van der Waals surface area contributed by atoms with Gasteiger partial charge in [0.05, 0.1) is 5.75 Å². The van der Waals surface area contributed by atoms with Gasteiger partial charge in [-0.1, -0.05) is 39.0 Å². The third kappa shape index (κ3) is 3.55. The molecule has 0 radical (unpaired) electrons. The van der Waals surface area contributed by atoms with Gasteiger partial charge in [0.1, 0.15) is 0 Å². The van der Waals surface area contributed by atoms with Crippen molar-refractivity contribution in [3.63, 3.8) is 0 Å². The van der Waals surface area contributed by atoms with Crippen LogP contribution in [0.2, 0.25) is 0 Å². The van der Waals surface area contributed by atoms with Crippen molar-refractivity contribution in [2.24, 2.45) is 5.73 Å². The van der Waals surface area contributed by atoms with Crippen molar-refractivity contribution in [3.8, 4) is 0 Å². The Bertz CT molecular complexity index is 482. The molecule has 2 N–H and O–H groups in total. The van der Waals surface area contributed by atoms with Crippen LogP contribution < -0.4 is 10.6 Å². The summed E-state index contributed by atoms with van der Waals surface area (Å²) in [6.45, 7) is 7.86. The number of hydrogen-bond donors (Lipinski definition) is 1. The molecule has 1 heterocycles. The van der Waals surface area contributed by atoms with Gasteiger partial charge in [-0.15, -0.1) is 11.8 Å². The monoisotopic (exact) mass is 292 g/mol. The number of nitrogens with two attached hydrogens (primary N) is 1. The molecule has 0 bridgehead atoms. The Kier molecular flexibility index (Phi) is 4.76. The van der Waals surface area contributed by atoms with Crippen molar-refractivity contribution >= 4 is 23.4 Å². The average Bonchev–Trinajstić information content (AvgIpc) is 2.75. The van der Waals surface area contributed by atoms with E-state index in [0.29, 0.717) is 18.2 Å². The van der Waals surface area contributed by atoms with E-state index in [1.807, 2.05) is 23.1 Å². The van der Waals surface area contributed by atoms with E-state index in [0.717, 1.165) is 18.7 Å². The smallest absolute Gasteiger partial charge is 0.237 e. The van der Waals surface area contributed by atoms with Crippen LogP contribution in [0.25, 0.3) is 0 Å². The highest BCUT2D eigenvalue weighted by Crippen LogP contribution is 2.38. The zero-order chi connectivity index (χ0) is 14.8. The van der Waals surface area contributed by atoms with Crippen LogP contribution in [0.3, 0.4) is 0 Å². The second-order valence-corrected chi connectivity index (χ2v) is 8.04. The van der Waals surface area contributed by atoms with Gasteiger partial charge >= 0.3 is 0 Å². The summed E-state index contributed by atoms with van der Waals surface area (Å²) in [5.74, 6) is 1.13. The van der Waals surface area contributed by atoms with Crippen LogP contribution >= 0.6 is 11.8 Å². The van der Waals surface area contributed by atoms with Crippen LogP contribution in [0.4, 0.5) is 5.69 Å². The lowest BCUT2D eigenvalue weighted by Gasteiger charge is -2.21. The van der Waals surface area contributed by atoms with Crippen LogP contribution in [0.5, 0.6) is 0 Å². The summed E-state index contributed by atoms with van der Waals surface area (Å²) in [4.78, 5) is 14.4. The van der Waals surface area contributed by atoms with Gasteiger partial charge in [-0.25, -0.2) is 0 Å². The molecule has 0 fully saturated rings. The second kappa shape index (κ2) is 6.19. The number of fused-ring (bicyclic) bond motifs is 1. The fourth-order valence-electron chi connectivity index (χ4n) is 2.54. The molecule has 1 amide bonds. The molecule has 20 heavy (non-hydrogen) atoms. The number of carbonyl (C=O) groups excluding carboxylic acids is 1. The van der Waals surface area contributed by atoms with E-state index < -0.39 is 0 Å². The Balaban J connectivity index is 2.12. The Hall–Kier alpha value is -1.00. The van der Waals surface area contributed by atoms with Crippen molar-refractivity contribution in [2.45, 2.75) is 37.9 Å². The number of carbonyl (C=O) groups is 1. The van der Waals surface area contributed by atoms with Crippen molar-refractivity contribution < 1.29 is 4.79 Å². The molecule has 1 aromatic rings. The molecular formula is C16H24N2OS. The SMILES string of the molecule is CC(C)(C)SCC(=O)N1CC(CCN)c2ccccc21. The first kappa shape index (κ1) is 15.4. The number of thioether (sulfide) groups is 1. The molecule has 0 saturated carbocycles. The topological polar surface area (TPSA) is 46.3 Å². The molecule has 3 nitrogen and oxygen atoms in total. The first-order valence-electron chi connectivity index (χ1n) is 7.15. The lowest BCUT2D eigenvalue weighted by molar-refractivity contribution is -0.116. The third-order valence-electron chi connectivity index (χ3n) is 3.52. The molecular weight excluding hydrogens is 268 g/mol. The normalized spacial score (nSPS) is 18.2. The quantitative estimate of drug-likeness (QED) is 0.928. The lowest BCUT2D eigenvalue weighted by atomic mass is 9.98. The summed E-state index contributed by atoms with van der Waals surface area (Å²) in [5.41, 5.74) is 8.04. The van der Waals surface area contributed by atoms with Gasteiger partial charge in [0.15, 0.2) is 0 Å². The summed E-state index contributed by atoms with van der Waals surface area (Å²) in [5, 5.41) is 0. The maximum atomic E-state index is 12.5. The molecule has 0 spiro atoms. The summed E-state index contributed by atoms with van der Waals surface area (Å²) >= 11 is 1.70. The molecule has 1 atom stereocenters. The zero-order valence-electron chi connectivity index (χ0n) is 12.6. The van der Waals surface area contributed by atoms with E-state index in [9.17, 15) is 4.79 Å². The second-order valence-electron chi connectivity index (χ2n) is 6.24. The predicted octanol–water partition coefficient (Wildman–Crippen LogP) is 3.00. The van der Waals surface area contributed by atoms with Crippen LogP contribution in [-0.4, -0.2) is 29.5 Å². The van der Waals surface area contributed by atoms with Gasteiger partial charge in [0.25, 0.3) is 0 Å². The fraction of sp³-hybridized carbons (Fsp3) is 0.562. The first-order chi connectivity index (χ1) is 9.42. The average molecular weight is 292 g/mol. The Morgan fingerprint density at radius 1 is 1.40 bits per heavy atom. The predicted molar refractivity (Wildman–Crippen MR) is 87.4 cm³/mol. The third-order valence-corrected chi connectivity index (χ3v) is 4.77. The number of para-hydroxylation sites is 1. The van der Waals surface area contributed by atoms with E-state index in [1.165, 1.54) is 5.56 Å². The van der Waals surface area contributed by atoms with E-state index in [1.54, 1.807) is 11.8 Å². The minimum atomic E-state index is 0.117. The van der Waals surface area contributed by atoms with Gasteiger partial charge in [-0.3, -0.25) is 4.79 Å². The maximum Gasteiger partial charge on any atom is 0.237 e. The zero-order valence-corrected chi connectivity index (χ0v) is 13.4. The van der Waals surface area contributed by atoms with Crippen molar-refractivity contribution in [1.29, 1.82) is 0 Å². The van der Waals surface area contributed by atoms with E-state index in [-0.39, 0.29) is 10.7 Å². The molecule has 0 saturated heterocycles. The highest BCUT2D eigenvalue weighted by atomic mass is 32.2. The van der Waals surface area contributed by atoms with Crippen molar-refractivity contribution in [2.75, 3.05) is 23.7 Å². The molecule has 1 aliphatic heterocycles.